The molecule has 0 fully saturated rings. The first-order valence-corrected chi connectivity index (χ1v) is 2.35. The lowest BCUT2D eigenvalue weighted by atomic mass is 10.7. The van der Waals surface area contributed by atoms with Crippen LogP contribution in [0.15, 0.2) is 12.3 Å². The number of hydrogen-bond acceptors (Lipinski definition) is 1. The maximum Gasteiger partial charge on any atom is 0.167 e. The van der Waals surface area contributed by atoms with Crippen molar-refractivity contribution in [2.24, 2.45) is 5.73 Å². The van der Waals surface area contributed by atoms with E-state index in [1.54, 1.807) is 6.20 Å². The van der Waals surface area contributed by atoms with Crippen LogP contribution in [-0.2, 0) is 0 Å². The largest absolute Gasteiger partial charge is 0.376 e. The minimum Gasteiger partial charge on any atom is -0.376 e. The molecule has 3 N–H and O–H groups in total. The van der Waals surface area contributed by atoms with Gasteiger partial charge in [-0.2, -0.15) is 0 Å². The van der Waals surface area contributed by atoms with E-state index in [9.17, 15) is 0 Å². The Kier molecular flexibility index (Phi) is 3.32. The third kappa shape index (κ3) is 5.43. The van der Waals surface area contributed by atoms with Crippen molar-refractivity contribution in [3.05, 3.63) is 12.3 Å². The lowest BCUT2D eigenvalue weighted by molar-refractivity contribution is 1.27. The summed E-state index contributed by atoms with van der Waals surface area (Å²) in [5, 5.41) is 2.93. The van der Waals surface area contributed by atoms with Crippen LogP contribution in [0.25, 0.3) is 0 Å². The molecule has 0 aliphatic heterocycles. The van der Waals surface area contributed by atoms with Crippen molar-refractivity contribution in [1.82, 2.24) is 5.32 Å². The molecule has 3 heteroatoms. The molecule has 0 aromatic heterocycles. The number of allylic oxidation sites excluding steroid dienone is 1. The zero-order chi connectivity index (χ0) is 5.70. The fourth-order valence-electron chi connectivity index (χ4n) is 0.165. The van der Waals surface area contributed by atoms with Crippen LogP contribution in [0.2, 0.25) is 0 Å². The Balaban J connectivity index is 3.14. The summed E-state index contributed by atoms with van der Waals surface area (Å²) in [6.45, 7) is 1.88. The Morgan fingerprint density at radius 1 is 1.86 bits per heavy atom. The number of nitrogens with two attached hydrogens (primary N) is 1. The molecular weight excluding hydrogens is 108 g/mol. The zero-order valence-electron chi connectivity index (χ0n) is 4.14. The van der Waals surface area contributed by atoms with E-state index in [1.165, 1.54) is 0 Å². The van der Waals surface area contributed by atoms with E-state index in [2.05, 4.69) is 17.5 Å². The zero-order valence-corrected chi connectivity index (χ0v) is 4.96. The molecule has 0 unspecified atom stereocenters. The summed E-state index contributed by atoms with van der Waals surface area (Å²) in [5.74, 6) is 0. The molecule has 40 valence electrons. The van der Waals surface area contributed by atoms with E-state index < -0.39 is 0 Å². The van der Waals surface area contributed by atoms with E-state index in [-0.39, 0.29) is 0 Å². The molecule has 0 aromatic rings. The lowest BCUT2D eigenvalue weighted by Gasteiger charge is -1.89. The first-order chi connectivity index (χ1) is 3.27. The van der Waals surface area contributed by atoms with Gasteiger partial charge in [0.1, 0.15) is 0 Å². The van der Waals surface area contributed by atoms with Crippen molar-refractivity contribution in [2.75, 3.05) is 0 Å². The van der Waals surface area contributed by atoms with Gasteiger partial charge in [-0.3, -0.25) is 0 Å². The number of rotatable bonds is 1. The second-order valence-electron chi connectivity index (χ2n) is 1.01. The molecule has 0 aliphatic carbocycles. The van der Waals surface area contributed by atoms with Crippen LogP contribution in [-0.4, -0.2) is 5.11 Å². The van der Waals surface area contributed by atoms with Gasteiger partial charge in [-0.1, -0.05) is 6.08 Å². The minimum atomic E-state index is 0.304. The standard InChI is InChI=1S/C4H8N2S/c1-2-3-6-4(5)7/h2-3H,1H3,(H3,5,6,7)/b3-2+. The molecule has 0 amide bonds. The van der Waals surface area contributed by atoms with Gasteiger partial charge >= 0.3 is 0 Å². The molecule has 0 atom stereocenters. The molecule has 0 radical (unpaired) electrons. The second kappa shape index (κ2) is 3.61. The Bertz CT molecular complexity index is 87.7. The Labute approximate surface area is 48.4 Å². The molecule has 0 aromatic carbocycles. The van der Waals surface area contributed by atoms with Crippen LogP contribution in [0, 0.1) is 0 Å². The van der Waals surface area contributed by atoms with E-state index in [4.69, 9.17) is 5.73 Å². The fourth-order valence-corrected chi connectivity index (χ4v) is 0.234. The van der Waals surface area contributed by atoms with E-state index in [1.807, 2.05) is 13.0 Å². The average Bonchev–Trinajstić information content (AvgIpc) is 1.61. The summed E-state index contributed by atoms with van der Waals surface area (Å²) in [5.41, 5.74) is 5.05. The average molecular weight is 116 g/mol. The molecule has 0 bridgehead atoms. The topological polar surface area (TPSA) is 38.0 Å². The van der Waals surface area contributed by atoms with Gasteiger partial charge in [0.05, 0.1) is 0 Å². The van der Waals surface area contributed by atoms with Crippen LogP contribution in [0.5, 0.6) is 0 Å². The number of thiocarbonyl (C=S) groups is 1. The predicted molar refractivity (Wildman–Crippen MR) is 34.7 cm³/mol. The van der Waals surface area contributed by atoms with Crippen molar-refractivity contribution >= 4 is 17.3 Å². The SMILES string of the molecule is C/C=C/NC(N)=S. The van der Waals surface area contributed by atoms with Crippen molar-refractivity contribution < 1.29 is 0 Å². The van der Waals surface area contributed by atoms with E-state index in [0.29, 0.717) is 5.11 Å². The monoisotopic (exact) mass is 116 g/mol. The first-order valence-electron chi connectivity index (χ1n) is 1.94. The van der Waals surface area contributed by atoms with E-state index >= 15 is 0 Å². The van der Waals surface area contributed by atoms with Gasteiger partial charge in [-0.25, -0.2) is 0 Å². The summed E-state index contributed by atoms with van der Waals surface area (Å²) in [4.78, 5) is 0. The molecule has 2 nitrogen and oxygen atoms in total. The lowest BCUT2D eigenvalue weighted by Crippen LogP contribution is -2.23. The van der Waals surface area contributed by atoms with Crippen molar-refractivity contribution in [2.45, 2.75) is 6.92 Å². The van der Waals surface area contributed by atoms with Gasteiger partial charge in [-0.05, 0) is 25.3 Å². The van der Waals surface area contributed by atoms with Gasteiger partial charge in [0, 0.05) is 0 Å². The molecule has 0 aliphatic rings. The molecule has 0 spiro atoms. The molecule has 0 saturated carbocycles. The predicted octanol–water partition coefficient (Wildman–Crippen LogP) is 0.353. The molecule has 0 heterocycles. The van der Waals surface area contributed by atoms with Crippen molar-refractivity contribution in [3.8, 4) is 0 Å². The molecule has 7 heavy (non-hydrogen) atoms. The van der Waals surface area contributed by atoms with E-state index in [0.717, 1.165) is 0 Å². The van der Waals surface area contributed by atoms with Gasteiger partial charge in [0.2, 0.25) is 0 Å². The van der Waals surface area contributed by atoms with Gasteiger partial charge in [0.25, 0.3) is 0 Å². The quantitative estimate of drug-likeness (QED) is 0.485. The van der Waals surface area contributed by atoms with Crippen LogP contribution in [0.3, 0.4) is 0 Å². The summed E-state index contributed by atoms with van der Waals surface area (Å²) >= 11 is 4.48. The molecule has 0 rings (SSSR count). The number of nitrogens with one attached hydrogen (secondary N) is 1. The maximum absolute atomic E-state index is 5.05. The van der Waals surface area contributed by atoms with Gasteiger partial charge in [0.15, 0.2) is 5.11 Å². The first kappa shape index (κ1) is 6.43. The highest BCUT2D eigenvalue weighted by Gasteiger charge is 1.71. The third-order valence-corrected chi connectivity index (χ3v) is 0.510. The van der Waals surface area contributed by atoms with Crippen LogP contribution < -0.4 is 11.1 Å². The van der Waals surface area contributed by atoms with Gasteiger partial charge < -0.3 is 11.1 Å². The van der Waals surface area contributed by atoms with Crippen LogP contribution >= 0.6 is 12.2 Å². The third-order valence-electron chi connectivity index (χ3n) is 0.392. The second-order valence-corrected chi connectivity index (χ2v) is 1.45. The maximum atomic E-state index is 5.05. The molecular formula is C4H8N2S. The minimum absolute atomic E-state index is 0.304. The highest BCUT2D eigenvalue weighted by atomic mass is 32.1. The fraction of sp³-hybridized carbons (Fsp3) is 0.250. The summed E-state index contributed by atoms with van der Waals surface area (Å²) in [6, 6.07) is 0. The summed E-state index contributed by atoms with van der Waals surface area (Å²) in [6.07, 6.45) is 3.50. The Morgan fingerprint density at radius 2 is 2.43 bits per heavy atom. The summed E-state index contributed by atoms with van der Waals surface area (Å²) in [7, 11) is 0. The highest BCUT2D eigenvalue weighted by molar-refractivity contribution is 7.80. The van der Waals surface area contributed by atoms with Gasteiger partial charge in [-0.15, -0.1) is 0 Å². The summed E-state index contributed by atoms with van der Waals surface area (Å²) < 4.78 is 0. The highest BCUT2D eigenvalue weighted by Crippen LogP contribution is 1.60. The molecule has 0 saturated heterocycles. The van der Waals surface area contributed by atoms with Crippen LogP contribution in [0.4, 0.5) is 0 Å². The van der Waals surface area contributed by atoms with Crippen molar-refractivity contribution in [1.29, 1.82) is 0 Å². The number of hydrogen-bond donors (Lipinski definition) is 2. The normalized spacial score (nSPS) is 9.29. The smallest absolute Gasteiger partial charge is 0.167 e. The Morgan fingerprint density at radius 3 is 2.57 bits per heavy atom. The Hall–Kier alpha value is -0.570. The van der Waals surface area contributed by atoms with Crippen molar-refractivity contribution in [3.63, 3.8) is 0 Å². The van der Waals surface area contributed by atoms with Crippen LogP contribution in [0.1, 0.15) is 6.92 Å².